The monoisotopic (exact) mass is 495 g/mol. The minimum atomic E-state index is -1.35. The zero-order valence-corrected chi connectivity index (χ0v) is 19.0. The number of hydrogen-bond donors (Lipinski definition) is 1. The van der Waals surface area contributed by atoms with Crippen LogP contribution in [0.3, 0.4) is 0 Å². The number of aromatic nitrogens is 1. The summed E-state index contributed by atoms with van der Waals surface area (Å²) in [6.07, 6.45) is -2.24. The van der Waals surface area contributed by atoms with Crippen molar-refractivity contribution in [2.75, 3.05) is 6.54 Å². The molecule has 166 valence electrons. The fraction of sp³-hybridized carbons (Fsp3) is 0.409. The Morgan fingerprint density at radius 1 is 1.23 bits per heavy atom. The molecule has 3 atom stereocenters. The highest BCUT2D eigenvalue weighted by Gasteiger charge is 2.42. The van der Waals surface area contributed by atoms with E-state index >= 15 is 0 Å². The predicted octanol–water partition coefficient (Wildman–Crippen LogP) is 4.54. The molecular formula is C22H24BrF2N3O3. The molecule has 1 N–H and O–H groups in total. The first-order valence-corrected chi connectivity index (χ1v) is 10.7. The van der Waals surface area contributed by atoms with Crippen molar-refractivity contribution < 1.29 is 23.1 Å². The van der Waals surface area contributed by atoms with Crippen LogP contribution < -0.4 is 5.32 Å². The van der Waals surface area contributed by atoms with E-state index in [1.54, 1.807) is 51.1 Å². The van der Waals surface area contributed by atoms with Crippen LogP contribution in [0.4, 0.5) is 13.6 Å². The fourth-order valence-corrected chi connectivity index (χ4v) is 3.58. The molecule has 1 aliphatic heterocycles. The summed E-state index contributed by atoms with van der Waals surface area (Å²) in [4.78, 5) is 30.7. The van der Waals surface area contributed by atoms with Crippen LogP contribution in [-0.4, -0.2) is 46.2 Å². The normalized spacial score (nSPS) is 19.7. The van der Waals surface area contributed by atoms with Crippen LogP contribution in [0.5, 0.6) is 0 Å². The zero-order valence-electron chi connectivity index (χ0n) is 17.4. The Balaban J connectivity index is 1.87. The molecule has 1 aliphatic rings. The van der Waals surface area contributed by atoms with E-state index in [0.717, 1.165) is 4.90 Å². The van der Waals surface area contributed by atoms with Crippen LogP contribution in [0.25, 0.3) is 0 Å². The highest BCUT2D eigenvalue weighted by atomic mass is 79.9. The molecule has 1 fully saturated rings. The third-order valence-corrected chi connectivity index (χ3v) is 5.31. The van der Waals surface area contributed by atoms with Crippen LogP contribution in [0, 0.1) is 5.95 Å². The van der Waals surface area contributed by atoms with Crippen LogP contribution in [0.2, 0.25) is 0 Å². The van der Waals surface area contributed by atoms with E-state index in [-0.39, 0.29) is 23.1 Å². The molecule has 0 radical (unpaired) electrons. The van der Waals surface area contributed by atoms with Crippen molar-refractivity contribution in [2.24, 2.45) is 0 Å². The summed E-state index contributed by atoms with van der Waals surface area (Å²) in [5, 5.41) is 2.81. The summed E-state index contributed by atoms with van der Waals surface area (Å²) in [6.45, 7) is 4.86. The van der Waals surface area contributed by atoms with Gasteiger partial charge in [0.25, 0.3) is 0 Å². The van der Waals surface area contributed by atoms with Crippen molar-refractivity contribution in [2.45, 2.75) is 51.0 Å². The molecule has 9 heteroatoms. The van der Waals surface area contributed by atoms with Crippen LogP contribution >= 0.6 is 15.9 Å². The molecule has 1 aromatic heterocycles. The Morgan fingerprint density at radius 3 is 2.52 bits per heavy atom. The largest absolute Gasteiger partial charge is 0.444 e. The quantitative estimate of drug-likeness (QED) is 0.632. The maximum absolute atomic E-state index is 14.2. The highest BCUT2D eigenvalue weighted by Crippen LogP contribution is 2.27. The van der Waals surface area contributed by atoms with E-state index in [0.29, 0.717) is 5.56 Å². The second-order valence-electron chi connectivity index (χ2n) is 8.34. The number of nitrogens with zero attached hydrogens (tertiary/aromatic N) is 2. The number of pyridine rings is 1. The molecule has 2 amide bonds. The van der Waals surface area contributed by atoms with Gasteiger partial charge in [-0.25, -0.2) is 14.2 Å². The maximum Gasteiger partial charge on any atom is 0.411 e. The summed E-state index contributed by atoms with van der Waals surface area (Å²) >= 11 is 3.07. The number of carbonyl (C=O) groups is 2. The number of hydrogen-bond acceptors (Lipinski definition) is 4. The average molecular weight is 496 g/mol. The van der Waals surface area contributed by atoms with Crippen molar-refractivity contribution >= 4 is 27.9 Å². The standard InChI is InChI=1S/C22H24BrF2N3O3/c1-22(2,3)31-21(30)28-12-14(24)11-17(28)20(29)27-18(13-7-5-4-6-8-13)16-10-9-15(23)19(25)26-16/h4-10,14,17-18H,11-12H2,1-3H3,(H,27,29). The van der Waals surface area contributed by atoms with E-state index in [9.17, 15) is 18.4 Å². The predicted molar refractivity (Wildman–Crippen MR) is 115 cm³/mol. The summed E-state index contributed by atoms with van der Waals surface area (Å²) in [5.41, 5.74) is 0.167. The maximum atomic E-state index is 14.2. The molecule has 0 bridgehead atoms. The Hall–Kier alpha value is -2.55. The Morgan fingerprint density at radius 2 is 1.90 bits per heavy atom. The van der Waals surface area contributed by atoms with Gasteiger partial charge in [-0.15, -0.1) is 0 Å². The first kappa shape index (κ1) is 23.1. The van der Waals surface area contributed by atoms with Crippen molar-refractivity contribution in [3.8, 4) is 0 Å². The van der Waals surface area contributed by atoms with Gasteiger partial charge in [0.2, 0.25) is 11.9 Å². The summed E-state index contributed by atoms with van der Waals surface area (Å²) in [5.74, 6) is -1.28. The molecule has 1 aromatic carbocycles. The SMILES string of the molecule is CC(C)(C)OC(=O)N1CC(F)CC1C(=O)NC(c1ccccc1)c1ccc(Br)c(F)n1. The van der Waals surface area contributed by atoms with Crippen molar-refractivity contribution in [1.29, 1.82) is 0 Å². The van der Waals surface area contributed by atoms with Crippen LogP contribution in [0.1, 0.15) is 44.5 Å². The summed E-state index contributed by atoms with van der Waals surface area (Å²) in [7, 11) is 0. The molecule has 0 spiro atoms. The molecule has 2 heterocycles. The number of amides is 2. The summed E-state index contributed by atoms with van der Waals surface area (Å²) in [6, 6.07) is 10.2. The van der Waals surface area contributed by atoms with Gasteiger partial charge in [0, 0.05) is 6.42 Å². The average Bonchev–Trinajstić information content (AvgIpc) is 3.10. The Labute approximate surface area is 188 Å². The minimum Gasteiger partial charge on any atom is -0.444 e. The van der Waals surface area contributed by atoms with Gasteiger partial charge in [0.15, 0.2) is 0 Å². The van der Waals surface area contributed by atoms with E-state index in [2.05, 4.69) is 26.2 Å². The molecule has 31 heavy (non-hydrogen) atoms. The smallest absolute Gasteiger partial charge is 0.411 e. The lowest BCUT2D eigenvalue weighted by atomic mass is 10.0. The first-order valence-electron chi connectivity index (χ1n) is 9.86. The second-order valence-corrected chi connectivity index (χ2v) is 9.20. The van der Waals surface area contributed by atoms with Crippen LogP contribution in [-0.2, 0) is 9.53 Å². The number of ether oxygens (including phenoxy) is 1. The molecule has 3 rings (SSSR count). The van der Waals surface area contributed by atoms with Crippen molar-refractivity contribution in [3.63, 3.8) is 0 Å². The van der Waals surface area contributed by atoms with Gasteiger partial charge in [-0.3, -0.25) is 9.69 Å². The number of rotatable bonds is 4. The zero-order chi connectivity index (χ0) is 22.8. The van der Waals surface area contributed by atoms with Gasteiger partial charge in [-0.05, 0) is 54.4 Å². The third-order valence-electron chi connectivity index (χ3n) is 4.72. The first-order chi connectivity index (χ1) is 14.5. The van der Waals surface area contributed by atoms with E-state index in [4.69, 9.17) is 4.74 Å². The molecular weight excluding hydrogens is 472 g/mol. The number of halogens is 3. The van der Waals surface area contributed by atoms with E-state index in [1.165, 1.54) is 6.07 Å². The van der Waals surface area contributed by atoms with Crippen molar-refractivity contribution in [1.82, 2.24) is 15.2 Å². The number of nitrogens with one attached hydrogen (secondary N) is 1. The Kier molecular flexibility index (Phi) is 6.93. The van der Waals surface area contributed by atoms with E-state index in [1.807, 2.05) is 6.07 Å². The topological polar surface area (TPSA) is 71.5 Å². The lowest BCUT2D eigenvalue weighted by Gasteiger charge is -2.29. The van der Waals surface area contributed by atoms with Gasteiger partial charge in [0.1, 0.15) is 17.8 Å². The molecule has 6 nitrogen and oxygen atoms in total. The summed E-state index contributed by atoms with van der Waals surface area (Å²) < 4.78 is 33.8. The Bertz CT molecular complexity index is 953. The van der Waals surface area contributed by atoms with Gasteiger partial charge in [-0.2, -0.15) is 4.39 Å². The number of carbonyl (C=O) groups excluding carboxylic acids is 2. The van der Waals surface area contributed by atoms with Crippen LogP contribution in [0.15, 0.2) is 46.9 Å². The van der Waals surface area contributed by atoms with E-state index < -0.39 is 41.8 Å². The minimum absolute atomic E-state index is 0.144. The lowest BCUT2D eigenvalue weighted by Crippen LogP contribution is -2.48. The molecule has 0 aliphatic carbocycles. The van der Waals surface area contributed by atoms with Crippen molar-refractivity contribution in [3.05, 3.63) is 64.1 Å². The second kappa shape index (κ2) is 9.30. The molecule has 0 saturated carbocycles. The third kappa shape index (κ3) is 5.78. The fourth-order valence-electron chi connectivity index (χ4n) is 3.36. The van der Waals surface area contributed by atoms with Gasteiger partial charge in [-0.1, -0.05) is 30.3 Å². The van der Waals surface area contributed by atoms with Gasteiger partial charge in [0.05, 0.1) is 22.8 Å². The highest BCUT2D eigenvalue weighted by molar-refractivity contribution is 9.10. The number of benzene rings is 1. The number of alkyl halides is 1. The molecule has 2 aromatic rings. The van der Waals surface area contributed by atoms with Gasteiger partial charge >= 0.3 is 6.09 Å². The van der Waals surface area contributed by atoms with Gasteiger partial charge < -0.3 is 10.1 Å². The number of likely N-dealkylation sites (tertiary alicyclic amines) is 1. The molecule has 1 saturated heterocycles. The molecule has 3 unspecified atom stereocenters. The lowest BCUT2D eigenvalue weighted by molar-refractivity contribution is -0.126.